The molecular weight excluding hydrogens is 416 g/mol. The SMILES string of the molecule is COc1ccc(C2C(CNC(=O)c3nn(-c4ccccc4)c(C)cc3=O)CCCN2C)cc1. The molecule has 1 N–H and O–H groups in total. The maximum absolute atomic E-state index is 13.0. The summed E-state index contributed by atoms with van der Waals surface area (Å²) in [4.78, 5) is 27.9. The van der Waals surface area contributed by atoms with E-state index in [0.29, 0.717) is 12.2 Å². The van der Waals surface area contributed by atoms with Crippen molar-refractivity contribution in [3.63, 3.8) is 0 Å². The summed E-state index contributed by atoms with van der Waals surface area (Å²) in [6.07, 6.45) is 2.06. The predicted molar refractivity (Wildman–Crippen MR) is 128 cm³/mol. The minimum atomic E-state index is -0.439. The Labute approximate surface area is 194 Å². The van der Waals surface area contributed by atoms with Gasteiger partial charge in [-0.2, -0.15) is 5.10 Å². The fraction of sp³-hybridized carbons (Fsp3) is 0.346. The zero-order valence-electron chi connectivity index (χ0n) is 19.3. The summed E-state index contributed by atoms with van der Waals surface area (Å²) >= 11 is 0. The van der Waals surface area contributed by atoms with Crippen molar-refractivity contribution in [1.29, 1.82) is 0 Å². The molecule has 33 heavy (non-hydrogen) atoms. The number of hydrogen-bond acceptors (Lipinski definition) is 5. The molecule has 7 nitrogen and oxygen atoms in total. The number of aromatic nitrogens is 2. The number of nitrogens with one attached hydrogen (secondary N) is 1. The van der Waals surface area contributed by atoms with Gasteiger partial charge in [0.05, 0.1) is 12.8 Å². The number of carbonyl (C=O) groups excluding carboxylic acids is 1. The van der Waals surface area contributed by atoms with Gasteiger partial charge in [0.1, 0.15) is 5.75 Å². The summed E-state index contributed by atoms with van der Waals surface area (Å²) in [7, 11) is 3.77. The number of nitrogens with zero attached hydrogens (tertiary/aromatic N) is 3. The molecule has 0 radical (unpaired) electrons. The molecule has 7 heteroatoms. The van der Waals surface area contributed by atoms with Crippen LogP contribution < -0.4 is 15.5 Å². The smallest absolute Gasteiger partial charge is 0.275 e. The number of hydrogen-bond donors (Lipinski definition) is 1. The molecule has 1 fully saturated rings. The first-order chi connectivity index (χ1) is 16.0. The quantitative estimate of drug-likeness (QED) is 0.628. The summed E-state index contributed by atoms with van der Waals surface area (Å²) in [5, 5.41) is 7.37. The highest BCUT2D eigenvalue weighted by Gasteiger charge is 2.31. The number of piperidine rings is 1. The molecule has 1 amide bonds. The van der Waals surface area contributed by atoms with E-state index in [1.54, 1.807) is 18.7 Å². The summed E-state index contributed by atoms with van der Waals surface area (Å²) in [5.74, 6) is 0.608. The number of benzene rings is 2. The van der Waals surface area contributed by atoms with E-state index in [2.05, 4.69) is 34.5 Å². The maximum Gasteiger partial charge on any atom is 0.275 e. The van der Waals surface area contributed by atoms with Gasteiger partial charge >= 0.3 is 0 Å². The minimum Gasteiger partial charge on any atom is -0.497 e. The van der Waals surface area contributed by atoms with Crippen LogP contribution in [-0.2, 0) is 0 Å². The number of rotatable bonds is 6. The lowest BCUT2D eigenvalue weighted by molar-refractivity contribution is 0.0884. The third kappa shape index (κ3) is 4.98. The van der Waals surface area contributed by atoms with Crippen molar-refractivity contribution in [3.8, 4) is 11.4 Å². The van der Waals surface area contributed by atoms with Crippen LogP contribution in [0.5, 0.6) is 5.75 Å². The maximum atomic E-state index is 13.0. The summed E-state index contributed by atoms with van der Waals surface area (Å²) in [6, 6.07) is 19.2. The fourth-order valence-corrected chi connectivity index (χ4v) is 4.64. The number of methoxy groups -OCH3 is 1. The van der Waals surface area contributed by atoms with Crippen LogP contribution in [0.2, 0.25) is 0 Å². The lowest BCUT2D eigenvalue weighted by Crippen LogP contribution is -2.42. The molecular formula is C26H30N4O3. The Bertz CT molecular complexity index is 1160. The molecule has 4 rings (SSSR count). The lowest BCUT2D eigenvalue weighted by atomic mass is 9.85. The Hall–Kier alpha value is -3.45. The predicted octanol–water partition coefficient (Wildman–Crippen LogP) is 3.36. The van der Waals surface area contributed by atoms with Crippen molar-refractivity contribution in [3.05, 3.63) is 87.8 Å². The first-order valence-corrected chi connectivity index (χ1v) is 11.3. The van der Waals surface area contributed by atoms with Gasteiger partial charge in [-0.15, -0.1) is 0 Å². The van der Waals surface area contributed by atoms with Crippen molar-refractivity contribution in [2.75, 3.05) is 27.2 Å². The van der Waals surface area contributed by atoms with E-state index in [1.807, 2.05) is 42.5 Å². The van der Waals surface area contributed by atoms with Crippen molar-refractivity contribution in [2.24, 2.45) is 5.92 Å². The first-order valence-electron chi connectivity index (χ1n) is 11.3. The largest absolute Gasteiger partial charge is 0.497 e. The standard InChI is InChI=1S/C26H30N4O3/c1-18-16-23(31)24(28-30(18)21-9-5-4-6-10-21)26(32)27-17-20-8-7-15-29(2)25(20)19-11-13-22(33-3)14-12-19/h4-6,9-14,16,20,25H,7-8,15,17H2,1-3H3,(H,27,32). The average Bonchev–Trinajstić information content (AvgIpc) is 2.83. The number of likely N-dealkylation sites (tertiary alicyclic amines) is 1. The molecule has 2 unspecified atom stereocenters. The van der Waals surface area contributed by atoms with Crippen LogP contribution in [0.15, 0.2) is 65.5 Å². The Morgan fingerprint density at radius 3 is 2.58 bits per heavy atom. The van der Waals surface area contributed by atoms with Crippen LogP contribution >= 0.6 is 0 Å². The van der Waals surface area contributed by atoms with Gasteiger partial charge in [0.25, 0.3) is 5.91 Å². The highest BCUT2D eigenvalue weighted by Crippen LogP contribution is 2.35. The molecule has 0 saturated carbocycles. The highest BCUT2D eigenvalue weighted by atomic mass is 16.5. The Balaban J connectivity index is 1.53. The fourth-order valence-electron chi connectivity index (χ4n) is 4.64. The third-order valence-electron chi connectivity index (χ3n) is 6.31. The molecule has 1 aromatic heterocycles. The molecule has 172 valence electrons. The van der Waals surface area contributed by atoms with Gasteiger partial charge in [0.2, 0.25) is 5.43 Å². The molecule has 3 aromatic rings. The topological polar surface area (TPSA) is 76.5 Å². The summed E-state index contributed by atoms with van der Waals surface area (Å²) in [6.45, 7) is 3.28. The average molecular weight is 447 g/mol. The minimum absolute atomic E-state index is 0.0883. The zero-order chi connectivity index (χ0) is 23.4. The van der Waals surface area contributed by atoms with E-state index in [0.717, 1.165) is 30.8 Å². The van der Waals surface area contributed by atoms with Crippen molar-refractivity contribution >= 4 is 5.91 Å². The van der Waals surface area contributed by atoms with Gasteiger partial charge < -0.3 is 10.1 Å². The first kappa shape index (κ1) is 22.7. The van der Waals surface area contributed by atoms with E-state index < -0.39 is 5.91 Å². The van der Waals surface area contributed by atoms with Gasteiger partial charge in [0.15, 0.2) is 5.69 Å². The second-order valence-electron chi connectivity index (χ2n) is 8.56. The van der Waals surface area contributed by atoms with Crippen LogP contribution in [0, 0.1) is 12.8 Å². The van der Waals surface area contributed by atoms with Crippen LogP contribution in [0.25, 0.3) is 5.69 Å². The molecule has 2 heterocycles. The van der Waals surface area contributed by atoms with Crippen LogP contribution in [0.4, 0.5) is 0 Å². The lowest BCUT2D eigenvalue weighted by Gasteiger charge is -2.39. The van der Waals surface area contributed by atoms with Crippen molar-refractivity contribution < 1.29 is 9.53 Å². The molecule has 2 atom stereocenters. The summed E-state index contributed by atoms with van der Waals surface area (Å²) in [5.41, 5.74) is 2.21. The van der Waals surface area contributed by atoms with Crippen LogP contribution in [-0.4, -0.2) is 47.8 Å². The zero-order valence-corrected chi connectivity index (χ0v) is 19.3. The second-order valence-corrected chi connectivity index (χ2v) is 8.56. The normalized spacial score (nSPS) is 18.6. The number of para-hydroxylation sites is 1. The third-order valence-corrected chi connectivity index (χ3v) is 6.31. The molecule has 1 saturated heterocycles. The van der Waals surface area contributed by atoms with E-state index in [4.69, 9.17) is 4.74 Å². The van der Waals surface area contributed by atoms with Gasteiger partial charge in [-0.1, -0.05) is 30.3 Å². The molecule has 2 aromatic carbocycles. The van der Waals surface area contributed by atoms with E-state index in [1.165, 1.54) is 11.6 Å². The number of ether oxygens (including phenoxy) is 1. The number of aryl methyl sites for hydroxylation is 1. The van der Waals surface area contributed by atoms with Crippen LogP contribution in [0.1, 0.15) is 40.6 Å². The van der Waals surface area contributed by atoms with Gasteiger partial charge in [-0.25, -0.2) is 4.68 Å². The Kier molecular flexibility index (Phi) is 6.89. The molecule has 1 aliphatic heterocycles. The Morgan fingerprint density at radius 2 is 1.88 bits per heavy atom. The van der Waals surface area contributed by atoms with Crippen molar-refractivity contribution in [1.82, 2.24) is 20.0 Å². The molecule has 1 aliphatic rings. The second kappa shape index (κ2) is 10.0. The number of carbonyl (C=O) groups is 1. The van der Waals surface area contributed by atoms with Crippen molar-refractivity contribution in [2.45, 2.75) is 25.8 Å². The molecule has 0 spiro atoms. The van der Waals surface area contributed by atoms with E-state index in [9.17, 15) is 9.59 Å². The van der Waals surface area contributed by atoms with E-state index >= 15 is 0 Å². The summed E-state index contributed by atoms with van der Waals surface area (Å²) < 4.78 is 6.92. The number of amides is 1. The van der Waals surface area contributed by atoms with Gasteiger partial charge in [-0.3, -0.25) is 14.5 Å². The monoisotopic (exact) mass is 446 g/mol. The van der Waals surface area contributed by atoms with Crippen LogP contribution in [0.3, 0.4) is 0 Å². The highest BCUT2D eigenvalue weighted by molar-refractivity contribution is 5.92. The van der Waals surface area contributed by atoms with Gasteiger partial charge in [-0.05, 0) is 69.1 Å². The van der Waals surface area contributed by atoms with Gasteiger partial charge in [0, 0.05) is 24.3 Å². The molecule has 0 aliphatic carbocycles. The molecule has 0 bridgehead atoms. The Morgan fingerprint density at radius 1 is 1.15 bits per heavy atom. The van der Waals surface area contributed by atoms with E-state index in [-0.39, 0.29) is 23.1 Å².